The number of hydrogen-bond donors (Lipinski definition) is 0. The zero-order valence-electron chi connectivity index (χ0n) is 20.0. The van der Waals surface area contributed by atoms with Crippen molar-refractivity contribution >= 4 is 17.0 Å². The molecule has 0 aromatic carbocycles. The Labute approximate surface area is 201 Å². The molecule has 5 rings (SSSR count). The predicted octanol–water partition coefficient (Wildman–Crippen LogP) is 4.31. The third-order valence-corrected chi connectivity index (χ3v) is 6.99. The van der Waals surface area contributed by atoms with Crippen molar-refractivity contribution in [1.82, 2.24) is 24.7 Å². The first-order valence-electron chi connectivity index (χ1n) is 11.9. The number of pyridine rings is 1. The van der Waals surface area contributed by atoms with E-state index in [1.807, 2.05) is 38.1 Å². The van der Waals surface area contributed by atoms with Crippen molar-refractivity contribution in [3.05, 3.63) is 35.3 Å². The second kappa shape index (κ2) is 9.25. The van der Waals surface area contributed by atoms with E-state index in [0.717, 1.165) is 16.8 Å². The van der Waals surface area contributed by atoms with Gasteiger partial charge in [0.05, 0.1) is 37.3 Å². The molecule has 1 aliphatic carbocycles. The van der Waals surface area contributed by atoms with Crippen LogP contribution in [0.15, 0.2) is 18.5 Å². The lowest BCUT2D eigenvalue weighted by molar-refractivity contribution is -0.205. The Hall–Kier alpha value is -2.95. The van der Waals surface area contributed by atoms with Gasteiger partial charge in [-0.3, -0.25) is 4.68 Å². The molecule has 35 heavy (non-hydrogen) atoms. The van der Waals surface area contributed by atoms with Gasteiger partial charge in [0.1, 0.15) is 6.10 Å². The quantitative estimate of drug-likeness (QED) is 0.510. The van der Waals surface area contributed by atoms with Crippen molar-refractivity contribution < 1.29 is 22.6 Å². The molecule has 1 atom stereocenters. The van der Waals surface area contributed by atoms with Crippen LogP contribution in [0.25, 0.3) is 11.0 Å². The maximum absolute atomic E-state index is 12.8. The van der Waals surface area contributed by atoms with E-state index in [4.69, 9.17) is 19.4 Å². The standard InChI is InChI=1S/C24H29F3N6O2/c1-14-8-19-21(29-15(14)2)30-23(33-5-7-34-20(13-33)17-11-28-32(3)12-17)31-22(19)35-6-4-16-9-18(10-16)24(25,26)27/h8,11-12,16,18,20H,4-7,9-10,13H2,1-3H3/t16-,18+,20-/m0/s1. The van der Waals surface area contributed by atoms with Crippen LogP contribution in [0, 0.1) is 25.7 Å². The molecule has 0 N–H and O–H groups in total. The van der Waals surface area contributed by atoms with Crippen LogP contribution in [-0.4, -0.2) is 57.2 Å². The van der Waals surface area contributed by atoms with Gasteiger partial charge in [-0.05, 0) is 50.7 Å². The molecule has 2 aliphatic rings. The third kappa shape index (κ3) is 5.05. The molecule has 0 unspecified atom stereocenters. The van der Waals surface area contributed by atoms with E-state index in [1.54, 1.807) is 10.9 Å². The molecule has 1 saturated carbocycles. The zero-order valence-corrected chi connectivity index (χ0v) is 20.0. The zero-order chi connectivity index (χ0) is 24.7. The van der Waals surface area contributed by atoms with Crippen molar-refractivity contribution in [3.8, 4) is 5.88 Å². The van der Waals surface area contributed by atoms with Gasteiger partial charge in [-0.25, -0.2) is 4.98 Å². The molecular formula is C24H29F3N6O2. The lowest BCUT2D eigenvalue weighted by Gasteiger charge is -2.36. The maximum atomic E-state index is 12.8. The number of aryl methyl sites for hydroxylation is 3. The SMILES string of the molecule is Cc1cc2c(OCC[C@H]3C[C@@H](C(F)(F)F)C3)nc(N3CCO[C@H](c4cnn(C)c4)C3)nc2nc1C. The fourth-order valence-electron chi connectivity index (χ4n) is 4.66. The number of rotatable bonds is 6. The van der Waals surface area contributed by atoms with Crippen LogP contribution in [0.2, 0.25) is 0 Å². The molecule has 0 amide bonds. The Morgan fingerprint density at radius 1 is 1.17 bits per heavy atom. The summed E-state index contributed by atoms with van der Waals surface area (Å²) in [5, 5.41) is 4.94. The number of nitrogens with zero attached hydrogens (tertiary/aromatic N) is 6. The van der Waals surface area contributed by atoms with E-state index in [1.165, 1.54) is 0 Å². The molecule has 188 valence electrons. The van der Waals surface area contributed by atoms with E-state index in [9.17, 15) is 13.2 Å². The minimum Gasteiger partial charge on any atom is -0.477 e. The van der Waals surface area contributed by atoms with Crippen LogP contribution in [0.1, 0.15) is 42.2 Å². The summed E-state index contributed by atoms with van der Waals surface area (Å²) in [6.45, 7) is 5.88. The number of fused-ring (bicyclic) bond motifs is 1. The molecule has 3 aromatic rings. The molecule has 0 radical (unpaired) electrons. The summed E-state index contributed by atoms with van der Waals surface area (Å²) in [6.07, 6.45) is 0.379. The average Bonchev–Trinajstić information content (AvgIpc) is 3.21. The van der Waals surface area contributed by atoms with Gasteiger partial charge in [-0.15, -0.1) is 0 Å². The van der Waals surface area contributed by atoms with Crippen molar-refractivity contribution in [2.24, 2.45) is 18.9 Å². The minimum atomic E-state index is -4.10. The van der Waals surface area contributed by atoms with E-state index < -0.39 is 12.1 Å². The van der Waals surface area contributed by atoms with Crippen LogP contribution in [0.4, 0.5) is 19.1 Å². The normalized spacial score (nSPS) is 22.9. The lowest BCUT2D eigenvalue weighted by Crippen LogP contribution is -2.39. The molecular weight excluding hydrogens is 461 g/mol. The number of halogens is 3. The number of hydrogen-bond acceptors (Lipinski definition) is 7. The molecule has 11 heteroatoms. The van der Waals surface area contributed by atoms with Crippen LogP contribution in [0.5, 0.6) is 5.88 Å². The first kappa shape index (κ1) is 23.8. The van der Waals surface area contributed by atoms with Crippen LogP contribution >= 0.6 is 0 Å². The monoisotopic (exact) mass is 490 g/mol. The smallest absolute Gasteiger partial charge is 0.391 e. The van der Waals surface area contributed by atoms with Crippen molar-refractivity contribution in [2.75, 3.05) is 31.2 Å². The first-order valence-corrected chi connectivity index (χ1v) is 11.9. The van der Waals surface area contributed by atoms with E-state index in [-0.39, 0.29) is 24.9 Å². The second-order valence-electron chi connectivity index (χ2n) is 9.56. The summed E-state index contributed by atoms with van der Waals surface area (Å²) in [4.78, 5) is 16.1. The van der Waals surface area contributed by atoms with E-state index in [0.29, 0.717) is 55.6 Å². The largest absolute Gasteiger partial charge is 0.477 e. The third-order valence-electron chi connectivity index (χ3n) is 6.99. The molecule has 1 aliphatic heterocycles. The van der Waals surface area contributed by atoms with E-state index >= 15 is 0 Å². The summed E-state index contributed by atoms with van der Waals surface area (Å²) >= 11 is 0. The Morgan fingerprint density at radius 2 is 1.97 bits per heavy atom. The molecule has 0 spiro atoms. The lowest BCUT2D eigenvalue weighted by atomic mass is 9.73. The highest BCUT2D eigenvalue weighted by Crippen LogP contribution is 2.46. The van der Waals surface area contributed by atoms with Crippen molar-refractivity contribution in [1.29, 1.82) is 0 Å². The number of ether oxygens (including phenoxy) is 2. The van der Waals surface area contributed by atoms with Crippen molar-refractivity contribution in [3.63, 3.8) is 0 Å². The minimum absolute atomic E-state index is 0.0239. The summed E-state index contributed by atoms with van der Waals surface area (Å²) in [7, 11) is 1.86. The average molecular weight is 491 g/mol. The Morgan fingerprint density at radius 3 is 2.69 bits per heavy atom. The highest BCUT2D eigenvalue weighted by Gasteiger charge is 2.47. The highest BCUT2D eigenvalue weighted by atomic mass is 19.4. The van der Waals surface area contributed by atoms with Gasteiger partial charge in [-0.2, -0.15) is 28.2 Å². The molecule has 4 heterocycles. The van der Waals surface area contributed by atoms with Crippen LogP contribution < -0.4 is 9.64 Å². The Balaban J connectivity index is 1.34. The fraction of sp³-hybridized carbons (Fsp3) is 0.583. The van der Waals surface area contributed by atoms with Gasteiger partial charge in [0.25, 0.3) is 0 Å². The first-order chi connectivity index (χ1) is 16.7. The molecule has 3 aromatic heterocycles. The number of alkyl halides is 3. The van der Waals surface area contributed by atoms with Gasteiger partial charge in [0, 0.05) is 31.0 Å². The van der Waals surface area contributed by atoms with Gasteiger partial charge in [-0.1, -0.05) is 0 Å². The van der Waals surface area contributed by atoms with Crippen LogP contribution in [-0.2, 0) is 11.8 Å². The van der Waals surface area contributed by atoms with Crippen LogP contribution in [0.3, 0.4) is 0 Å². The number of anilines is 1. The number of aromatic nitrogens is 5. The van der Waals surface area contributed by atoms with Crippen molar-refractivity contribution in [2.45, 2.75) is 45.4 Å². The van der Waals surface area contributed by atoms with Gasteiger partial charge < -0.3 is 14.4 Å². The fourth-order valence-corrected chi connectivity index (χ4v) is 4.66. The maximum Gasteiger partial charge on any atom is 0.391 e. The van der Waals surface area contributed by atoms with Gasteiger partial charge in [0.2, 0.25) is 11.8 Å². The summed E-state index contributed by atoms with van der Waals surface area (Å²) < 4.78 is 52.1. The molecule has 1 saturated heterocycles. The Kier molecular flexibility index (Phi) is 6.29. The van der Waals surface area contributed by atoms with E-state index in [2.05, 4.69) is 10.1 Å². The van der Waals surface area contributed by atoms with Gasteiger partial charge >= 0.3 is 6.18 Å². The topological polar surface area (TPSA) is 78.2 Å². The summed E-state index contributed by atoms with van der Waals surface area (Å²) in [6, 6.07) is 1.96. The Bertz CT molecular complexity index is 1210. The molecule has 0 bridgehead atoms. The predicted molar refractivity (Wildman–Crippen MR) is 123 cm³/mol. The van der Waals surface area contributed by atoms with Gasteiger partial charge in [0.15, 0.2) is 5.65 Å². The summed E-state index contributed by atoms with van der Waals surface area (Å²) in [5.74, 6) is -0.239. The summed E-state index contributed by atoms with van der Waals surface area (Å²) in [5.41, 5.74) is 3.39. The highest BCUT2D eigenvalue weighted by molar-refractivity contribution is 5.82. The second-order valence-corrected chi connectivity index (χ2v) is 9.56. The molecule has 2 fully saturated rings. The number of morpholine rings is 1. The molecule has 8 nitrogen and oxygen atoms in total.